The van der Waals surface area contributed by atoms with Gasteiger partial charge in [-0.05, 0) is 22.8 Å². The van der Waals surface area contributed by atoms with E-state index in [1.165, 1.54) is 11.6 Å². The Morgan fingerprint density at radius 3 is 2.71 bits per heavy atom. The van der Waals surface area contributed by atoms with Crippen LogP contribution in [0, 0.1) is 5.82 Å². The molecule has 0 amide bonds. The van der Waals surface area contributed by atoms with E-state index in [0.717, 1.165) is 29.9 Å². The van der Waals surface area contributed by atoms with Crippen molar-refractivity contribution < 1.29 is 9.13 Å². The molecule has 1 aliphatic heterocycles. The summed E-state index contributed by atoms with van der Waals surface area (Å²) in [7, 11) is 0. The summed E-state index contributed by atoms with van der Waals surface area (Å²) in [5.41, 5.74) is 3.03. The second-order valence-corrected chi connectivity index (χ2v) is 4.27. The van der Waals surface area contributed by atoms with Crippen LogP contribution in [0.5, 0.6) is 5.75 Å². The lowest BCUT2D eigenvalue weighted by Gasteiger charge is -2.08. The van der Waals surface area contributed by atoms with E-state index in [1.54, 1.807) is 6.07 Å². The van der Waals surface area contributed by atoms with Gasteiger partial charge in [0.05, 0.1) is 6.61 Å². The van der Waals surface area contributed by atoms with E-state index in [9.17, 15) is 4.39 Å². The van der Waals surface area contributed by atoms with Crippen molar-refractivity contribution in [3.63, 3.8) is 0 Å². The number of benzene rings is 2. The van der Waals surface area contributed by atoms with Gasteiger partial charge in [0.2, 0.25) is 0 Å². The van der Waals surface area contributed by atoms with Crippen LogP contribution in [0.25, 0.3) is 0 Å². The molecule has 0 aromatic heterocycles. The van der Waals surface area contributed by atoms with Gasteiger partial charge >= 0.3 is 0 Å². The van der Waals surface area contributed by atoms with Crippen molar-refractivity contribution in [1.82, 2.24) is 0 Å². The van der Waals surface area contributed by atoms with E-state index in [4.69, 9.17) is 4.74 Å². The molecule has 2 aromatic carbocycles. The summed E-state index contributed by atoms with van der Waals surface area (Å²) in [6, 6.07) is 13.0. The fourth-order valence-electron chi connectivity index (χ4n) is 2.27. The number of hydrogen-bond acceptors (Lipinski definition) is 1. The van der Waals surface area contributed by atoms with E-state index >= 15 is 0 Å². The molecular weight excluding hydrogens is 215 g/mol. The van der Waals surface area contributed by atoms with E-state index in [-0.39, 0.29) is 5.82 Å². The van der Waals surface area contributed by atoms with Gasteiger partial charge in [-0.25, -0.2) is 4.39 Å². The highest BCUT2D eigenvalue weighted by molar-refractivity contribution is 5.46. The lowest BCUT2D eigenvalue weighted by atomic mass is 10.0. The van der Waals surface area contributed by atoms with Crippen molar-refractivity contribution in [2.24, 2.45) is 0 Å². The predicted molar refractivity (Wildman–Crippen MR) is 64.8 cm³/mol. The van der Waals surface area contributed by atoms with Gasteiger partial charge in [0.25, 0.3) is 0 Å². The second kappa shape index (κ2) is 4.21. The Hall–Kier alpha value is -1.83. The van der Waals surface area contributed by atoms with Gasteiger partial charge < -0.3 is 4.74 Å². The van der Waals surface area contributed by atoms with Crippen LogP contribution >= 0.6 is 0 Å². The molecule has 0 saturated carbocycles. The Morgan fingerprint density at radius 2 is 1.82 bits per heavy atom. The lowest BCUT2D eigenvalue weighted by Crippen LogP contribution is -1.95. The molecule has 3 rings (SSSR count). The van der Waals surface area contributed by atoms with Crippen LogP contribution in [0.3, 0.4) is 0 Å². The summed E-state index contributed by atoms with van der Waals surface area (Å²) in [5, 5.41) is 0. The van der Waals surface area contributed by atoms with Gasteiger partial charge in [-0.3, -0.25) is 0 Å². The van der Waals surface area contributed by atoms with Gasteiger partial charge in [-0.15, -0.1) is 0 Å². The minimum atomic E-state index is -0.150. The van der Waals surface area contributed by atoms with Crippen LogP contribution in [0.1, 0.15) is 16.7 Å². The van der Waals surface area contributed by atoms with Gasteiger partial charge in [0.15, 0.2) is 0 Å². The molecule has 1 heterocycles. The first kappa shape index (κ1) is 10.3. The maximum atomic E-state index is 13.6. The molecule has 0 aliphatic carbocycles. The number of ether oxygens (including phenoxy) is 1. The van der Waals surface area contributed by atoms with E-state index in [2.05, 4.69) is 6.07 Å². The molecule has 0 atom stereocenters. The highest BCUT2D eigenvalue weighted by Gasteiger charge is 2.16. The van der Waals surface area contributed by atoms with Crippen LogP contribution < -0.4 is 4.74 Å². The Labute approximate surface area is 99.9 Å². The minimum absolute atomic E-state index is 0.150. The van der Waals surface area contributed by atoms with Gasteiger partial charge in [0.1, 0.15) is 11.6 Å². The number of para-hydroxylation sites is 1. The zero-order valence-corrected chi connectivity index (χ0v) is 9.45. The smallest absolute Gasteiger partial charge is 0.126 e. The topological polar surface area (TPSA) is 9.23 Å². The molecule has 0 N–H and O–H groups in total. The highest BCUT2D eigenvalue weighted by atomic mass is 19.1. The van der Waals surface area contributed by atoms with E-state index in [0.29, 0.717) is 6.42 Å². The van der Waals surface area contributed by atoms with Crippen molar-refractivity contribution in [2.45, 2.75) is 12.8 Å². The summed E-state index contributed by atoms with van der Waals surface area (Å²) in [6.45, 7) is 0.740. The Bertz CT molecular complexity index is 548. The zero-order chi connectivity index (χ0) is 11.7. The lowest BCUT2D eigenvalue weighted by molar-refractivity contribution is 0.354. The molecule has 0 spiro atoms. The van der Waals surface area contributed by atoms with Crippen LogP contribution in [-0.2, 0) is 12.8 Å². The maximum absolute atomic E-state index is 13.6. The first-order chi connectivity index (χ1) is 8.34. The number of fused-ring (bicyclic) bond motifs is 1. The van der Waals surface area contributed by atoms with Crippen molar-refractivity contribution in [1.29, 1.82) is 0 Å². The fourth-order valence-corrected chi connectivity index (χ4v) is 2.27. The molecule has 17 heavy (non-hydrogen) atoms. The highest BCUT2D eigenvalue weighted by Crippen LogP contribution is 2.31. The maximum Gasteiger partial charge on any atom is 0.126 e. The van der Waals surface area contributed by atoms with Gasteiger partial charge in [-0.2, -0.15) is 0 Å². The standard InChI is InChI=1S/C15H13FO/c16-14-7-2-1-4-12(14)10-13-6-3-5-11-8-9-17-15(11)13/h1-7H,8-10H2. The Morgan fingerprint density at radius 1 is 1.00 bits per heavy atom. The molecule has 1 nitrogen and oxygen atoms in total. The monoisotopic (exact) mass is 228 g/mol. The average Bonchev–Trinajstić information content (AvgIpc) is 2.81. The van der Waals surface area contributed by atoms with E-state index in [1.807, 2.05) is 24.3 Å². The van der Waals surface area contributed by atoms with Crippen molar-refractivity contribution in [2.75, 3.05) is 6.61 Å². The molecule has 86 valence electrons. The van der Waals surface area contributed by atoms with Crippen LogP contribution in [-0.4, -0.2) is 6.61 Å². The Kier molecular flexibility index (Phi) is 2.56. The number of rotatable bonds is 2. The molecule has 0 fully saturated rings. The minimum Gasteiger partial charge on any atom is -0.493 e. The molecule has 0 saturated heterocycles. The molecule has 2 aromatic rings. The van der Waals surface area contributed by atoms with Crippen LogP contribution in [0.15, 0.2) is 42.5 Å². The fraction of sp³-hybridized carbons (Fsp3) is 0.200. The summed E-state index contributed by atoms with van der Waals surface area (Å²) in [6.07, 6.45) is 1.55. The van der Waals surface area contributed by atoms with E-state index < -0.39 is 0 Å². The largest absolute Gasteiger partial charge is 0.493 e. The Balaban J connectivity index is 1.97. The molecule has 2 heteroatoms. The first-order valence-electron chi connectivity index (χ1n) is 5.81. The normalized spacial score (nSPS) is 13.2. The van der Waals surface area contributed by atoms with Crippen molar-refractivity contribution >= 4 is 0 Å². The molecular formula is C15H13FO. The van der Waals surface area contributed by atoms with Crippen molar-refractivity contribution in [3.05, 3.63) is 65.0 Å². The summed E-state index contributed by atoms with van der Waals surface area (Å²) in [4.78, 5) is 0. The molecule has 1 aliphatic rings. The summed E-state index contributed by atoms with van der Waals surface area (Å²) >= 11 is 0. The van der Waals surface area contributed by atoms with Crippen LogP contribution in [0.4, 0.5) is 4.39 Å². The molecule has 0 unspecified atom stereocenters. The number of hydrogen-bond donors (Lipinski definition) is 0. The molecule has 0 bridgehead atoms. The second-order valence-electron chi connectivity index (χ2n) is 4.27. The van der Waals surface area contributed by atoms with Gasteiger partial charge in [-0.1, -0.05) is 36.4 Å². The zero-order valence-electron chi connectivity index (χ0n) is 9.45. The first-order valence-corrected chi connectivity index (χ1v) is 5.81. The quantitative estimate of drug-likeness (QED) is 0.766. The SMILES string of the molecule is Fc1ccccc1Cc1cccc2c1OCC2. The van der Waals surface area contributed by atoms with Crippen molar-refractivity contribution in [3.8, 4) is 5.75 Å². The predicted octanol–water partition coefficient (Wildman–Crippen LogP) is 3.35. The molecule has 0 radical (unpaired) electrons. The van der Waals surface area contributed by atoms with Crippen LogP contribution in [0.2, 0.25) is 0 Å². The third-order valence-electron chi connectivity index (χ3n) is 3.13. The summed E-state index contributed by atoms with van der Waals surface area (Å²) < 4.78 is 19.2. The third kappa shape index (κ3) is 1.91. The number of halogens is 1. The average molecular weight is 228 g/mol. The van der Waals surface area contributed by atoms with Gasteiger partial charge in [0, 0.05) is 12.8 Å². The summed E-state index contributed by atoms with van der Waals surface area (Å²) in [5.74, 6) is 0.804. The third-order valence-corrected chi connectivity index (χ3v) is 3.13.